The van der Waals surface area contributed by atoms with E-state index >= 15 is 0 Å². The van der Waals surface area contributed by atoms with E-state index in [1.54, 1.807) is 16.0 Å². The predicted octanol–water partition coefficient (Wildman–Crippen LogP) is 7.83. The van der Waals surface area contributed by atoms with Crippen LogP contribution in [0, 0.1) is 12.8 Å². The van der Waals surface area contributed by atoms with Crippen molar-refractivity contribution in [2.75, 3.05) is 23.7 Å². The standard InChI is InChI=1S/C35H38N6O2S/c1-23-5-12-28(13-6-23)41-32(21-31(39-41)35(2,3)4)38-34(43)37-27-10-7-24(8-11-27)19-25-15-17-40(18-16-25)33(42)26-9-14-29-30(20-26)44-22-36-29/h5-14,20-22,25H,15-19H2,1-4H3,(H2,37,38,43). The molecule has 0 atom stereocenters. The molecule has 44 heavy (non-hydrogen) atoms. The molecule has 0 aliphatic carbocycles. The first kappa shape index (κ1) is 29.6. The van der Waals surface area contributed by atoms with E-state index in [0.29, 0.717) is 11.7 Å². The summed E-state index contributed by atoms with van der Waals surface area (Å²) >= 11 is 1.56. The number of aryl methyl sites for hydroxylation is 1. The molecule has 1 saturated heterocycles. The molecular weight excluding hydrogens is 568 g/mol. The van der Waals surface area contributed by atoms with Crippen LogP contribution in [0.25, 0.3) is 15.9 Å². The van der Waals surface area contributed by atoms with Crippen molar-refractivity contribution in [1.29, 1.82) is 0 Å². The van der Waals surface area contributed by atoms with E-state index in [0.717, 1.165) is 70.8 Å². The largest absolute Gasteiger partial charge is 0.339 e. The molecule has 0 unspecified atom stereocenters. The number of carbonyl (C=O) groups excluding carboxylic acids is 2. The molecule has 3 heterocycles. The normalized spacial score (nSPS) is 14.1. The molecule has 6 rings (SSSR count). The van der Waals surface area contributed by atoms with Gasteiger partial charge in [-0.1, -0.05) is 50.6 Å². The van der Waals surface area contributed by atoms with Crippen LogP contribution in [-0.4, -0.2) is 44.7 Å². The number of fused-ring (bicyclic) bond motifs is 1. The molecule has 0 spiro atoms. The van der Waals surface area contributed by atoms with E-state index in [1.165, 1.54) is 5.56 Å². The number of carbonyl (C=O) groups is 2. The average molecular weight is 607 g/mol. The summed E-state index contributed by atoms with van der Waals surface area (Å²) in [5, 5.41) is 10.8. The Balaban J connectivity index is 1.03. The fraction of sp³-hybridized carbons (Fsp3) is 0.314. The Kier molecular flexibility index (Phi) is 8.23. The lowest BCUT2D eigenvalue weighted by Gasteiger charge is -2.32. The summed E-state index contributed by atoms with van der Waals surface area (Å²) in [4.78, 5) is 32.4. The van der Waals surface area contributed by atoms with Crippen LogP contribution < -0.4 is 10.6 Å². The highest BCUT2D eigenvalue weighted by Crippen LogP contribution is 2.28. The van der Waals surface area contributed by atoms with Gasteiger partial charge in [-0.3, -0.25) is 10.1 Å². The Bertz CT molecular complexity index is 1770. The van der Waals surface area contributed by atoms with Gasteiger partial charge in [0, 0.05) is 35.8 Å². The number of benzene rings is 3. The molecule has 9 heteroatoms. The summed E-state index contributed by atoms with van der Waals surface area (Å²) < 4.78 is 2.83. The maximum absolute atomic E-state index is 13.1. The van der Waals surface area contributed by atoms with Crippen LogP contribution in [0.1, 0.15) is 60.8 Å². The molecule has 3 amide bonds. The Morgan fingerprint density at radius 2 is 1.66 bits per heavy atom. The summed E-state index contributed by atoms with van der Waals surface area (Å²) in [7, 11) is 0. The fourth-order valence-electron chi connectivity index (χ4n) is 5.57. The monoisotopic (exact) mass is 606 g/mol. The molecule has 2 aromatic heterocycles. The van der Waals surface area contributed by atoms with Crippen molar-refractivity contribution in [2.45, 2.75) is 52.4 Å². The zero-order chi connectivity index (χ0) is 30.8. The number of amides is 3. The fourth-order valence-corrected chi connectivity index (χ4v) is 6.28. The summed E-state index contributed by atoms with van der Waals surface area (Å²) in [6, 6.07) is 23.5. The third-order valence-corrected chi connectivity index (χ3v) is 9.01. The lowest BCUT2D eigenvalue weighted by atomic mass is 9.90. The minimum Gasteiger partial charge on any atom is -0.339 e. The lowest BCUT2D eigenvalue weighted by Crippen LogP contribution is -2.38. The Labute approximate surface area is 262 Å². The van der Waals surface area contributed by atoms with Gasteiger partial charge >= 0.3 is 6.03 Å². The van der Waals surface area contributed by atoms with Gasteiger partial charge in [0.15, 0.2) is 0 Å². The molecule has 1 fully saturated rings. The minimum atomic E-state index is -0.321. The number of likely N-dealkylation sites (tertiary alicyclic amines) is 1. The number of urea groups is 1. The smallest absolute Gasteiger partial charge is 0.324 e. The van der Waals surface area contributed by atoms with E-state index in [1.807, 2.05) is 78.0 Å². The summed E-state index contributed by atoms with van der Waals surface area (Å²) in [6.07, 6.45) is 2.90. The maximum atomic E-state index is 13.1. The zero-order valence-corrected chi connectivity index (χ0v) is 26.4. The van der Waals surface area contributed by atoms with Gasteiger partial charge in [0.1, 0.15) is 5.82 Å². The van der Waals surface area contributed by atoms with Gasteiger partial charge in [-0.25, -0.2) is 14.5 Å². The molecule has 0 radical (unpaired) electrons. The Hall–Kier alpha value is -4.50. The molecule has 8 nitrogen and oxygen atoms in total. The van der Waals surface area contributed by atoms with E-state index in [-0.39, 0.29) is 17.4 Å². The van der Waals surface area contributed by atoms with Gasteiger partial charge in [0.05, 0.1) is 27.1 Å². The first-order valence-electron chi connectivity index (χ1n) is 15.1. The third-order valence-electron chi connectivity index (χ3n) is 8.21. The molecule has 5 aromatic rings. The van der Waals surface area contributed by atoms with Crippen LogP contribution in [0.4, 0.5) is 16.3 Å². The van der Waals surface area contributed by atoms with Gasteiger partial charge in [0.2, 0.25) is 0 Å². The molecule has 0 saturated carbocycles. The van der Waals surface area contributed by atoms with Crippen molar-refractivity contribution in [3.8, 4) is 5.69 Å². The van der Waals surface area contributed by atoms with Crippen LogP contribution in [0.5, 0.6) is 0 Å². The first-order chi connectivity index (χ1) is 21.1. The highest BCUT2D eigenvalue weighted by Gasteiger charge is 2.25. The number of hydrogen-bond donors (Lipinski definition) is 2. The number of piperidine rings is 1. The van der Waals surface area contributed by atoms with Gasteiger partial charge in [-0.05, 0) is 80.1 Å². The maximum Gasteiger partial charge on any atom is 0.324 e. The van der Waals surface area contributed by atoms with Crippen molar-refractivity contribution in [1.82, 2.24) is 19.7 Å². The second kappa shape index (κ2) is 12.2. The Morgan fingerprint density at radius 3 is 2.36 bits per heavy atom. The minimum absolute atomic E-state index is 0.101. The van der Waals surface area contributed by atoms with Crippen LogP contribution in [-0.2, 0) is 11.8 Å². The van der Waals surface area contributed by atoms with Crippen LogP contribution in [0.2, 0.25) is 0 Å². The average Bonchev–Trinajstić information content (AvgIpc) is 3.66. The first-order valence-corrected chi connectivity index (χ1v) is 16.0. The molecular formula is C35H38N6O2S. The second-order valence-corrected chi connectivity index (χ2v) is 13.5. The second-order valence-electron chi connectivity index (χ2n) is 12.7. The number of nitrogens with zero attached hydrogens (tertiary/aromatic N) is 4. The van der Waals surface area contributed by atoms with Gasteiger partial charge in [-0.15, -0.1) is 11.3 Å². The van der Waals surface area contributed by atoms with Crippen molar-refractivity contribution >= 4 is 45.0 Å². The van der Waals surface area contributed by atoms with E-state index in [4.69, 9.17) is 5.10 Å². The topological polar surface area (TPSA) is 92.2 Å². The number of aromatic nitrogens is 3. The molecule has 226 valence electrons. The SMILES string of the molecule is Cc1ccc(-n2nc(C(C)(C)C)cc2NC(=O)Nc2ccc(CC3CCN(C(=O)c4ccc5ncsc5c4)CC3)cc2)cc1. The van der Waals surface area contributed by atoms with Crippen LogP contribution >= 0.6 is 11.3 Å². The van der Waals surface area contributed by atoms with Gasteiger partial charge < -0.3 is 10.2 Å². The van der Waals surface area contributed by atoms with E-state index < -0.39 is 0 Å². The van der Waals surface area contributed by atoms with E-state index in [9.17, 15) is 9.59 Å². The quantitative estimate of drug-likeness (QED) is 0.206. The number of anilines is 2. The molecule has 0 bridgehead atoms. The highest BCUT2D eigenvalue weighted by atomic mass is 32.1. The number of rotatable bonds is 6. The summed E-state index contributed by atoms with van der Waals surface area (Å²) in [6.45, 7) is 9.89. The number of nitrogens with one attached hydrogen (secondary N) is 2. The third kappa shape index (κ3) is 6.68. The molecule has 1 aliphatic rings. The van der Waals surface area contributed by atoms with Crippen LogP contribution in [0.15, 0.2) is 78.3 Å². The zero-order valence-electron chi connectivity index (χ0n) is 25.6. The van der Waals surface area contributed by atoms with E-state index in [2.05, 4.69) is 48.5 Å². The van der Waals surface area contributed by atoms with Crippen LogP contribution in [0.3, 0.4) is 0 Å². The van der Waals surface area contributed by atoms with Crippen molar-refractivity contribution in [2.24, 2.45) is 5.92 Å². The number of thiazole rings is 1. The predicted molar refractivity (Wildman–Crippen MR) is 178 cm³/mol. The summed E-state index contributed by atoms with van der Waals surface area (Å²) in [5.74, 6) is 1.23. The molecule has 2 N–H and O–H groups in total. The Morgan fingerprint density at radius 1 is 0.932 bits per heavy atom. The van der Waals surface area contributed by atoms with Crippen molar-refractivity contribution < 1.29 is 9.59 Å². The molecule has 1 aliphatic heterocycles. The highest BCUT2D eigenvalue weighted by molar-refractivity contribution is 7.16. The lowest BCUT2D eigenvalue weighted by molar-refractivity contribution is 0.0690. The summed E-state index contributed by atoms with van der Waals surface area (Å²) in [5.41, 5.74) is 8.22. The van der Waals surface area contributed by atoms with Gasteiger partial charge in [0.25, 0.3) is 5.91 Å². The van der Waals surface area contributed by atoms with Gasteiger partial charge in [-0.2, -0.15) is 5.10 Å². The van der Waals surface area contributed by atoms with Crippen molar-refractivity contribution in [3.05, 3.63) is 101 Å². The molecule has 3 aromatic carbocycles. The number of hydrogen-bond acceptors (Lipinski definition) is 5. The van der Waals surface area contributed by atoms with Crippen molar-refractivity contribution in [3.63, 3.8) is 0 Å².